The Balaban J connectivity index is 1.59. The number of aromatic carboxylic acids is 1. The van der Waals surface area contributed by atoms with Gasteiger partial charge in [-0.1, -0.05) is 54.1 Å². The van der Waals surface area contributed by atoms with E-state index in [1.54, 1.807) is 17.0 Å². The van der Waals surface area contributed by atoms with Crippen LogP contribution in [-0.2, 0) is 11.4 Å². The average Bonchev–Trinajstić information content (AvgIpc) is 3.12. The molecule has 6 nitrogen and oxygen atoms in total. The van der Waals surface area contributed by atoms with Crippen LogP contribution in [-0.4, -0.2) is 33.6 Å². The van der Waals surface area contributed by atoms with Crippen LogP contribution in [0.5, 0.6) is 5.75 Å². The lowest BCUT2D eigenvalue weighted by atomic mass is 10.1. The molecule has 3 aromatic carbocycles. The molecule has 1 heterocycles. The van der Waals surface area contributed by atoms with Gasteiger partial charge >= 0.3 is 5.97 Å². The number of likely N-dealkylation sites (N-methyl/N-ethyl adjacent to an activating group) is 1. The number of amidine groups is 1. The fourth-order valence-corrected chi connectivity index (χ4v) is 4.58. The number of benzene rings is 3. The summed E-state index contributed by atoms with van der Waals surface area (Å²) in [6.45, 7) is 4.80. The van der Waals surface area contributed by atoms with E-state index < -0.39 is 5.97 Å². The minimum Gasteiger partial charge on any atom is -0.488 e. The molecular weight excluding hydrogens is 448 g/mol. The molecule has 1 fully saturated rings. The highest BCUT2D eigenvalue weighted by Gasteiger charge is 2.32. The summed E-state index contributed by atoms with van der Waals surface area (Å²) in [4.78, 5) is 31.0. The van der Waals surface area contributed by atoms with Crippen molar-refractivity contribution in [1.29, 1.82) is 0 Å². The van der Waals surface area contributed by atoms with E-state index in [9.17, 15) is 14.7 Å². The lowest BCUT2D eigenvalue weighted by Gasteiger charge is -2.12. The van der Waals surface area contributed by atoms with Gasteiger partial charge in [0.15, 0.2) is 5.17 Å². The Labute approximate surface area is 202 Å². The Morgan fingerprint density at radius 2 is 1.88 bits per heavy atom. The van der Waals surface area contributed by atoms with Crippen LogP contribution >= 0.6 is 11.8 Å². The van der Waals surface area contributed by atoms with E-state index in [2.05, 4.69) is 11.1 Å². The second-order valence-electron chi connectivity index (χ2n) is 7.73. The number of carbonyl (C=O) groups excluding carboxylic acids is 1. The van der Waals surface area contributed by atoms with Crippen molar-refractivity contribution in [2.45, 2.75) is 20.5 Å². The summed E-state index contributed by atoms with van der Waals surface area (Å²) in [6, 6.07) is 22.1. The standard InChI is InChI=1S/C27H24N2O4S/c1-3-29-25(30)24(34-27(29)28-22-12-7-11-21(15-22)26(31)32)16-20-10-4-5-13-23(20)33-17-19-9-6-8-18(2)14-19/h4-16H,3,17H2,1-2H3,(H,31,32). The summed E-state index contributed by atoms with van der Waals surface area (Å²) in [5.41, 5.74) is 3.68. The Morgan fingerprint density at radius 3 is 2.65 bits per heavy atom. The molecule has 0 saturated carbocycles. The first-order valence-electron chi connectivity index (χ1n) is 10.9. The van der Waals surface area contributed by atoms with Crippen molar-refractivity contribution < 1.29 is 19.4 Å². The highest BCUT2D eigenvalue weighted by Crippen LogP contribution is 2.35. The number of ether oxygens (including phenoxy) is 1. The fourth-order valence-electron chi connectivity index (χ4n) is 3.52. The Morgan fingerprint density at radius 1 is 1.09 bits per heavy atom. The van der Waals surface area contributed by atoms with Gasteiger partial charge in [-0.05, 0) is 61.5 Å². The van der Waals surface area contributed by atoms with Crippen LogP contribution < -0.4 is 4.74 Å². The number of carboxylic acids is 1. The number of carboxylic acid groups (broad SMARTS) is 1. The minimum atomic E-state index is -1.02. The van der Waals surface area contributed by atoms with E-state index in [-0.39, 0.29) is 11.5 Å². The van der Waals surface area contributed by atoms with Gasteiger partial charge in [0, 0.05) is 12.1 Å². The number of hydrogen-bond acceptors (Lipinski definition) is 5. The first kappa shape index (κ1) is 23.3. The van der Waals surface area contributed by atoms with Gasteiger partial charge in [0.25, 0.3) is 5.91 Å². The number of carbonyl (C=O) groups is 2. The third-order valence-corrected chi connectivity index (χ3v) is 6.21. The van der Waals surface area contributed by atoms with Crippen LogP contribution in [0.25, 0.3) is 6.08 Å². The van der Waals surface area contributed by atoms with Gasteiger partial charge in [0.05, 0.1) is 16.2 Å². The number of aliphatic imine (C=N–C) groups is 1. The van der Waals surface area contributed by atoms with Crippen molar-refractivity contribution in [1.82, 2.24) is 4.90 Å². The lowest BCUT2D eigenvalue weighted by molar-refractivity contribution is -0.122. The van der Waals surface area contributed by atoms with E-state index >= 15 is 0 Å². The van der Waals surface area contributed by atoms with Crippen molar-refractivity contribution in [3.05, 3.63) is 100.0 Å². The molecule has 0 spiro atoms. The molecule has 3 aromatic rings. The lowest BCUT2D eigenvalue weighted by Crippen LogP contribution is -2.28. The number of aryl methyl sites for hydroxylation is 1. The van der Waals surface area contributed by atoms with Gasteiger partial charge in [-0.25, -0.2) is 9.79 Å². The zero-order chi connectivity index (χ0) is 24.1. The molecule has 1 aliphatic heterocycles. The van der Waals surface area contributed by atoms with Crippen LogP contribution in [0.4, 0.5) is 5.69 Å². The number of amides is 1. The Bertz CT molecular complexity index is 1300. The summed E-state index contributed by atoms with van der Waals surface area (Å²) < 4.78 is 6.07. The predicted octanol–water partition coefficient (Wildman–Crippen LogP) is 5.90. The number of nitrogens with zero attached hydrogens (tertiary/aromatic N) is 2. The summed E-state index contributed by atoms with van der Waals surface area (Å²) in [6.07, 6.45) is 1.82. The van der Waals surface area contributed by atoms with Crippen molar-refractivity contribution in [3.63, 3.8) is 0 Å². The van der Waals surface area contributed by atoms with Crippen LogP contribution in [0, 0.1) is 6.92 Å². The van der Waals surface area contributed by atoms with Crippen molar-refractivity contribution >= 4 is 40.6 Å². The molecule has 0 aromatic heterocycles. The molecular formula is C27H24N2O4S. The first-order valence-corrected chi connectivity index (χ1v) is 11.7. The topological polar surface area (TPSA) is 79.2 Å². The predicted molar refractivity (Wildman–Crippen MR) is 135 cm³/mol. The molecule has 34 heavy (non-hydrogen) atoms. The summed E-state index contributed by atoms with van der Waals surface area (Å²) in [5, 5.41) is 9.75. The van der Waals surface area contributed by atoms with Gasteiger partial charge < -0.3 is 9.84 Å². The molecule has 7 heteroatoms. The zero-order valence-corrected chi connectivity index (χ0v) is 19.7. The van der Waals surface area contributed by atoms with Crippen LogP contribution in [0.3, 0.4) is 0 Å². The maximum absolute atomic E-state index is 13.1. The van der Waals surface area contributed by atoms with E-state index in [4.69, 9.17) is 4.74 Å². The molecule has 0 unspecified atom stereocenters. The molecule has 0 radical (unpaired) electrons. The second-order valence-corrected chi connectivity index (χ2v) is 8.73. The van der Waals surface area contributed by atoms with Crippen molar-refractivity contribution in [2.75, 3.05) is 6.54 Å². The SMILES string of the molecule is CCN1C(=O)C(=Cc2ccccc2OCc2cccc(C)c2)SC1=Nc1cccc(C(=O)O)c1. The Kier molecular flexibility index (Phi) is 7.13. The molecule has 1 N–H and O–H groups in total. The smallest absolute Gasteiger partial charge is 0.335 e. The fraction of sp³-hybridized carbons (Fsp3) is 0.148. The molecule has 0 bridgehead atoms. The average molecular weight is 473 g/mol. The monoisotopic (exact) mass is 472 g/mol. The summed E-state index contributed by atoms with van der Waals surface area (Å²) in [7, 11) is 0. The largest absolute Gasteiger partial charge is 0.488 e. The third kappa shape index (κ3) is 5.38. The molecule has 4 rings (SSSR count). The van der Waals surface area contributed by atoms with Gasteiger partial charge in [-0.3, -0.25) is 9.69 Å². The zero-order valence-electron chi connectivity index (χ0n) is 18.9. The molecule has 1 amide bonds. The maximum Gasteiger partial charge on any atom is 0.335 e. The van der Waals surface area contributed by atoms with Gasteiger partial charge in [0.1, 0.15) is 12.4 Å². The number of thioether (sulfide) groups is 1. The quantitative estimate of drug-likeness (QED) is 0.433. The summed E-state index contributed by atoms with van der Waals surface area (Å²) in [5.74, 6) is -0.478. The van der Waals surface area contributed by atoms with Crippen LogP contribution in [0.15, 0.2) is 82.7 Å². The molecule has 1 aliphatic rings. The molecule has 0 atom stereocenters. The Hall–Kier alpha value is -3.84. The van der Waals surface area contributed by atoms with Gasteiger partial charge in [0.2, 0.25) is 0 Å². The highest BCUT2D eigenvalue weighted by molar-refractivity contribution is 8.18. The number of para-hydroxylation sites is 1. The third-order valence-electron chi connectivity index (χ3n) is 5.20. The van der Waals surface area contributed by atoms with E-state index in [0.29, 0.717) is 34.7 Å². The highest BCUT2D eigenvalue weighted by atomic mass is 32.2. The summed E-state index contributed by atoms with van der Waals surface area (Å²) >= 11 is 1.27. The minimum absolute atomic E-state index is 0.144. The number of hydrogen-bond donors (Lipinski definition) is 1. The maximum atomic E-state index is 13.1. The van der Waals surface area contributed by atoms with E-state index in [1.165, 1.54) is 29.5 Å². The first-order chi connectivity index (χ1) is 16.4. The van der Waals surface area contributed by atoms with Crippen molar-refractivity contribution in [2.24, 2.45) is 4.99 Å². The van der Waals surface area contributed by atoms with Crippen molar-refractivity contribution in [3.8, 4) is 5.75 Å². The molecule has 0 aliphatic carbocycles. The second kappa shape index (κ2) is 10.4. The van der Waals surface area contributed by atoms with Crippen LogP contribution in [0.2, 0.25) is 0 Å². The number of rotatable bonds is 7. The van der Waals surface area contributed by atoms with E-state index in [1.807, 2.05) is 62.4 Å². The normalized spacial score (nSPS) is 15.8. The van der Waals surface area contributed by atoms with Crippen LogP contribution in [0.1, 0.15) is 34.0 Å². The van der Waals surface area contributed by atoms with E-state index in [0.717, 1.165) is 11.1 Å². The molecule has 1 saturated heterocycles. The van der Waals surface area contributed by atoms with Gasteiger partial charge in [-0.2, -0.15) is 0 Å². The molecule has 172 valence electrons. The van der Waals surface area contributed by atoms with Gasteiger partial charge in [-0.15, -0.1) is 0 Å².